The van der Waals surface area contributed by atoms with Gasteiger partial charge in [0.2, 0.25) is 5.91 Å². The number of methoxy groups -OCH3 is 1. The quantitative estimate of drug-likeness (QED) is 0.510. The lowest BCUT2D eigenvalue weighted by Crippen LogP contribution is -2.51. The molecule has 1 saturated carbocycles. The van der Waals surface area contributed by atoms with E-state index in [0.29, 0.717) is 11.3 Å². The van der Waals surface area contributed by atoms with Gasteiger partial charge in [0.15, 0.2) is 0 Å². The molecule has 3 amide bonds. The summed E-state index contributed by atoms with van der Waals surface area (Å²) in [6, 6.07) is 10.1. The number of carbonyl (C=O) groups excluding carboxylic acids is 4. The second-order valence-electron chi connectivity index (χ2n) is 8.34. The molecule has 1 heterocycles. The standard InChI is InChI=1S/C25H25FN2O5/c1-33-25(32)17-9-13-20(14-10-17)28-22(29)15-21(24(28)31)27(19-5-3-2-4-6-19)23(30)16-7-11-18(26)12-8-16/h7-14,19,21H,2-6,15H2,1H3. The average molecular weight is 452 g/mol. The maximum Gasteiger partial charge on any atom is 0.337 e. The largest absolute Gasteiger partial charge is 0.465 e. The number of hydrogen-bond donors (Lipinski definition) is 0. The molecule has 1 aliphatic carbocycles. The summed E-state index contributed by atoms with van der Waals surface area (Å²) in [5, 5.41) is 0. The number of imide groups is 1. The van der Waals surface area contributed by atoms with Crippen LogP contribution in [0.2, 0.25) is 0 Å². The summed E-state index contributed by atoms with van der Waals surface area (Å²) in [6.07, 6.45) is 4.31. The molecule has 1 unspecified atom stereocenters. The van der Waals surface area contributed by atoms with Gasteiger partial charge in [0.25, 0.3) is 11.8 Å². The summed E-state index contributed by atoms with van der Waals surface area (Å²) in [5.74, 6) is -2.25. The van der Waals surface area contributed by atoms with Crippen LogP contribution >= 0.6 is 0 Å². The minimum atomic E-state index is -0.932. The van der Waals surface area contributed by atoms with Crippen LogP contribution in [-0.4, -0.2) is 47.8 Å². The van der Waals surface area contributed by atoms with E-state index in [4.69, 9.17) is 0 Å². The molecule has 0 bridgehead atoms. The molecule has 2 aromatic rings. The summed E-state index contributed by atoms with van der Waals surface area (Å²) in [6.45, 7) is 0. The van der Waals surface area contributed by atoms with E-state index < -0.39 is 29.6 Å². The first-order chi connectivity index (χ1) is 15.9. The van der Waals surface area contributed by atoms with E-state index in [-0.39, 0.29) is 23.9 Å². The van der Waals surface area contributed by atoms with Crippen molar-refractivity contribution < 1.29 is 28.3 Å². The normalized spacial score (nSPS) is 19.0. The Morgan fingerprint density at radius 1 is 0.939 bits per heavy atom. The third-order valence-corrected chi connectivity index (χ3v) is 6.30. The molecule has 33 heavy (non-hydrogen) atoms. The zero-order chi connectivity index (χ0) is 23.5. The Bertz CT molecular complexity index is 1060. The van der Waals surface area contributed by atoms with Crippen molar-refractivity contribution in [2.45, 2.75) is 50.6 Å². The molecule has 0 N–H and O–H groups in total. The first-order valence-corrected chi connectivity index (χ1v) is 11.0. The van der Waals surface area contributed by atoms with Gasteiger partial charge in [0.05, 0.1) is 24.8 Å². The third-order valence-electron chi connectivity index (χ3n) is 6.30. The second kappa shape index (κ2) is 9.52. The number of amides is 3. The van der Waals surface area contributed by atoms with Gasteiger partial charge in [-0.1, -0.05) is 19.3 Å². The number of hydrogen-bond acceptors (Lipinski definition) is 5. The van der Waals surface area contributed by atoms with Crippen molar-refractivity contribution in [3.63, 3.8) is 0 Å². The highest BCUT2D eigenvalue weighted by Crippen LogP contribution is 2.32. The van der Waals surface area contributed by atoms with Crippen LogP contribution in [0.3, 0.4) is 0 Å². The van der Waals surface area contributed by atoms with E-state index in [2.05, 4.69) is 4.74 Å². The van der Waals surface area contributed by atoms with Crippen molar-refractivity contribution in [2.24, 2.45) is 0 Å². The molecule has 2 aromatic carbocycles. The SMILES string of the molecule is COC(=O)c1ccc(N2C(=O)CC(N(C(=O)c3ccc(F)cc3)C3CCCCC3)C2=O)cc1. The van der Waals surface area contributed by atoms with E-state index in [0.717, 1.165) is 37.0 Å². The number of carbonyl (C=O) groups is 4. The molecule has 4 rings (SSSR count). The molecule has 8 heteroatoms. The monoisotopic (exact) mass is 452 g/mol. The molecule has 1 aliphatic heterocycles. The Morgan fingerprint density at radius 2 is 1.55 bits per heavy atom. The van der Waals surface area contributed by atoms with Gasteiger partial charge in [0, 0.05) is 11.6 Å². The molecule has 1 saturated heterocycles. The van der Waals surface area contributed by atoms with Gasteiger partial charge < -0.3 is 9.64 Å². The molecule has 2 aliphatic rings. The Morgan fingerprint density at radius 3 is 2.15 bits per heavy atom. The number of nitrogens with zero attached hydrogens (tertiary/aromatic N) is 2. The second-order valence-corrected chi connectivity index (χ2v) is 8.34. The van der Waals surface area contributed by atoms with Gasteiger partial charge >= 0.3 is 5.97 Å². The van der Waals surface area contributed by atoms with Crippen LogP contribution in [0, 0.1) is 5.82 Å². The number of benzene rings is 2. The summed E-state index contributed by atoms with van der Waals surface area (Å²) < 4.78 is 18.1. The van der Waals surface area contributed by atoms with Crippen LogP contribution in [-0.2, 0) is 14.3 Å². The molecule has 7 nitrogen and oxygen atoms in total. The summed E-state index contributed by atoms with van der Waals surface area (Å²) in [5.41, 5.74) is 0.910. The van der Waals surface area contributed by atoms with Crippen LogP contribution < -0.4 is 4.90 Å². The van der Waals surface area contributed by atoms with Crippen molar-refractivity contribution in [3.05, 3.63) is 65.5 Å². The molecule has 0 radical (unpaired) electrons. The topological polar surface area (TPSA) is 84.0 Å². The predicted octanol–water partition coefficient (Wildman–Crippen LogP) is 3.72. The van der Waals surface area contributed by atoms with Gasteiger partial charge in [-0.2, -0.15) is 0 Å². The fourth-order valence-corrected chi connectivity index (χ4v) is 4.63. The van der Waals surface area contributed by atoms with E-state index in [1.165, 1.54) is 60.5 Å². The summed E-state index contributed by atoms with van der Waals surface area (Å²) >= 11 is 0. The molecule has 0 aromatic heterocycles. The van der Waals surface area contributed by atoms with Crippen molar-refractivity contribution >= 4 is 29.4 Å². The predicted molar refractivity (Wildman–Crippen MR) is 118 cm³/mol. The highest BCUT2D eigenvalue weighted by molar-refractivity contribution is 6.23. The fraction of sp³-hybridized carbons (Fsp3) is 0.360. The molecule has 0 spiro atoms. The number of ether oxygens (including phenoxy) is 1. The summed E-state index contributed by atoms with van der Waals surface area (Å²) in [4.78, 5) is 54.1. The van der Waals surface area contributed by atoms with E-state index >= 15 is 0 Å². The van der Waals surface area contributed by atoms with Crippen molar-refractivity contribution in [3.8, 4) is 0 Å². The first-order valence-electron chi connectivity index (χ1n) is 11.0. The zero-order valence-electron chi connectivity index (χ0n) is 18.3. The van der Waals surface area contributed by atoms with Crippen LogP contribution in [0.5, 0.6) is 0 Å². The highest BCUT2D eigenvalue weighted by Gasteiger charge is 2.46. The van der Waals surface area contributed by atoms with Crippen LogP contribution in [0.25, 0.3) is 0 Å². The Balaban J connectivity index is 1.64. The van der Waals surface area contributed by atoms with Gasteiger partial charge in [-0.25, -0.2) is 14.1 Å². The van der Waals surface area contributed by atoms with Crippen molar-refractivity contribution in [2.75, 3.05) is 12.0 Å². The summed E-state index contributed by atoms with van der Waals surface area (Å²) in [7, 11) is 1.27. The first kappa shape index (κ1) is 22.6. The number of anilines is 1. The van der Waals surface area contributed by atoms with Crippen molar-refractivity contribution in [1.29, 1.82) is 0 Å². The average Bonchev–Trinajstić information content (AvgIpc) is 3.13. The fourth-order valence-electron chi connectivity index (χ4n) is 4.63. The molecule has 172 valence electrons. The minimum absolute atomic E-state index is 0.124. The van der Waals surface area contributed by atoms with E-state index in [1.54, 1.807) is 0 Å². The smallest absolute Gasteiger partial charge is 0.337 e. The number of halogens is 1. The Labute approximate surface area is 191 Å². The maximum atomic E-state index is 13.5. The van der Waals surface area contributed by atoms with Gasteiger partial charge in [-0.15, -0.1) is 0 Å². The van der Waals surface area contributed by atoms with Crippen LogP contribution in [0.1, 0.15) is 59.2 Å². The van der Waals surface area contributed by atoms with Gasteiger partial charge in [-0.3, -0.25) is 14.4 Å². The Kier molecular flexibility index (Phi) is 6.53. The molecular weight excluding hydrogens is 427 g/mol. The van der Waals surface area contributed by atoms with Crippen LogP contribution in [0.4, 0.5) is 10.1 Å². The lowest BCUT2D eigenvalue weighted by atomic mass is 9.92. The lowest BCUT2D eigenvalue weighted by Gasteiger charge is -2.37. The Hall–Kier alpha value is -3.55. The van der Waals surface area contributed by atoms with Gasteiger partial charge in [-0.05, 0) is 61.4 Å². The van der Waals surface area contributed by atoms with Crippen molar-refractivity contribution in [1.82, 2.24) is 4.90 Å². The number of esters is 1. The maximum absolute atomic E-state index is 13.5. The lowest BCUT2D eigenvalue weighted by molar-refractivity contribution is -0.123. The van der Waals surface area contributed by atoms with Gasteiger partial charge in [0.1, 0.15) is 11.9 Å². The highest BCUT2D eigenvalue weighted by atomic mass is 19.1. The zero-order valence-corrected chi connectivity index (χ0v) is 18.3. The third kappa shape index (κ3) is 4.51. The molecule has 2 fully saturated rings. The minimum Gasteiger partial charge on any atom is -0.465 e. The van der Waals surface area contributed by atoms with Crippen LogP contribution in [0.15, 0.2) is 48.5 Å². The molecule has 1 atom stereocenters. The van der Waals surface area contributed by atoms with E-state index in [1.807, 2.05) is 0 Å². The van der Waals surface area contributed by atoms with E-state index in [9.17, 15) is 23.6 Å². The molecular formula is C25H25FN2O5. The number of rotatable bonds is 5.